The highest BCUT2D eigenvalue weighted by Crippen LogP contribution is 2.28. The Morgan fingerprint density at radius 1 is 1.27 bits per heavy atom. The van der Waals surface area contributed by atoms with Crippen molar-refractivity contribution >= 4 is 33.4 Å². The van der Waals surface area contributed by atoms with Crippen LogP contribution in [0, 0.1) is 0 Å². The molecule has 1 atom stereocenters. The highest BCUT2D eigenvalue weighted by atomic mass is 32.2. The van der Waals surface area contributed by atoms with Crippen LogP contribution in [-0.2, 0) is 19.0 Å². The molecule has 0 bridgehead atoms. The van der Waals surface area contributed by atoms with Crippen LogP contribution in [-0.4, -0.2) is 41.5 Å². The zero-order chi connectivity index (χ0) is 19.5. The molecule has 9 nitrogen and oxygen atoms in total. The van der Waals surface area contributed by atoms with E-state index in [9.17, 15) is 13.2 Å². The van der Waals surface area contributed by atoms with Gasteiger partial charge in [-0.2, -0.15) is 8.42 Å². The van der Waals surface area contributed by atoms with Crippen LogP contribution in [0.4, 0.5) is 10.6 Å². The fraction of sp³-hybridized carbons (Fsp3) is 0.467. The second-order valence-corrected chi connectivity index (χ2v) is 9.03. The van der Waals surface area contributed by atoms with E-state index in [1.54, 1.807) is 45.9 Å². The van der Waals surface area contributed by atoms with E-state index in [4.69, 9.17) is 8.92 Å². The van der Waals surface area contributed by atoms with Crippen LogP contribution in [0.1, 0.15) is 38.8 Å². The van der Waals surface area contributed by atoms with Crippen LogP contribution in [0.2, 0.25) is 0 Å². The molecule has 2 aromatic heterocycles. The highest BCUT2D eigenvalue weighted by molar-refractivity contribution is 7.86. The molecule has 2 aromatic rings. The molecule has 2 heterocycles. The molecular formula is C15H20N4O5S2. The number of nitrogens with zero attached hydrogens (tertiary/aromatic N) is 3. The van der Waals surface area contributed by atoms with E-state index >= 15 is 0 Å². The van der Waals surface area contributed by atoms with Gasteiger partial charge in [0, 0.05) is 0 Å². The normalized spacial score (nSPS) is 13.3. The summed E-state index contributed by atoms with van der Waals surface area (Å²) in [7, 11) is -3.60. The summed E-state index contributed by atoms with van der Waals surface area (Å²) in [5.41, 5.74) is -0.139. The molecule has 0 fully saturated rings. The lowest BCUT2D eigenvalue weighted by Gasteiger charge is -2.19. The number of nitrogens with one attached hydrogen (secondary N) is 1. The van der Waals surface area contributed by atoms with Crippen molar-refractivity contribution in [3.05, 3.63) is 23.2 Å². The molecule has 2 rings (SSSR count). The van der Waals surface area contributed by atoms with Crippen molar-refractivity contribution in [1.29, 1.82) is 0 Å². The van der Waals surface area contributed by atoms with Crippen LogP contribution in [0.5, 0.6) is 0 Å². The molecule has 1 unspecified atom stereocenters. The molecule has 1 amide bonds. The van der Waals surface area contributed by atoms with E-state index in [2.05, 4.69) is 20.5 Å². The molecule has 0 spiro atoms. The van der Waals surface area contributed by atoms with Crippen molar-refractivity contribution in [3.63, 3.8) is 0 Å². The summed E-state index contributed by atoms with van der Waals surface area (Å²) >= 11 is 1.15. The quantitative estimate of drug-likeness (QED) is 0.761. The number of rotatable bonds is 5. The predicted octanol–water partition coefficient (Wildman–Crippen LogP) is 2.98. The number of pyridine rings is 1. The second-order valence-electron chi connectivity index (χ2n) is 6.42. The first kappa shape index (κ1) is 20.2. The van der Waals surface area contributed by atoms with Crippen LogP contribution < -0.4 is 5.32 Å². The monoisotopic (exact) mass is 400 g/mol. The third kappa shape index (κ3) is 6.32. The van der Waals surface area contributed by atoms with Gasteiger partial charge in [0.05, 0.1) is 6.26 Å². The van der Waals surface area contributed by atoms with Crippen LogP contribution in [0.15, 0.2) is 18.2 Å². The van der Waals surface area contributed by atoms with Crippen LogP contribution in [0.3, 0.4) is 0 Å². The average Bonchev–Trinajstić information content (AvgIpc) is 2.93. The van der Waals surface area contributed by atoms with Crippen molar-refractivity contribution < 1.29 is 22.1 Å². The van der Waals surface area contributed by atoms with Gasteiger partial charge in [-0.25, -0.2) is 9.78 Å². The fourth-order valence-electron chi connectivity index (χ4n) is 1.84. The summed E-state index contributed by atoms with van der Waals surface area (Å²) in [5, 5.41) is 11.4. The van der Waals surface area contributed by atoms with Crippen molar-refractivity contribution in [2.24, 2.45) is 0 Å². The molecule has 1 N–H and O–H groups in total. The number of hydrogen-bond acceptors (Lipinski definition) is 9. The lowest BCUT2D eigenvalue weighted by molar-refractivity contribution is 0.0635. The maximum Gasteiger partial charge on any atom is 0.413 e. The van der Waals surface area contributed by atoms with Crippen molar-refractivity contribution in [2.45, 2.75) is 39.4 Å². The van der Waals surface area contributed by atoms with Crippen LogP contribution in [0.25, 0.3) is 10.7 Å². The Kier molecular flexibility index (Phi) is 5.94. The molecule has 0 aromatic carbocycles. The van der Waals surface area contributed by atoms with Gasteiger partial charge >= 0.3 is 6.09 Å². The fourth-order valence-corrected chi connectivity index (χ4v) is 3.31. The van der Waals surface area contributed by atoms with Crippen molar-refractivity contribution in [3.8, 4) is 10.7 Å². The maximum absolute atomic E-state index is 11.8. The molecule has 0 saturated heterocycles. The summed E-state index contributed by atoms with van der Waals surface area (Å²) < 4.78 is 32.5. The van der Waals surface area contributed by atoms with Crippen molar-refractivity contribution in [1.82, 2.24) is 15.2 Å². The van der Waals surface area contributed by atoms with Crippen molar-refractivity contribution in [2.75, 3.05) is 11.6 Å². The average molecular weight is 400 g/mol. The summed E-state index contributed by atoms with van der Waals surface area (Å²) in [6.45, 7) is 6.86. The molecule has 0 aliphatic rings. The molecule has 11 heteroatoms. The Morgan fingerprint density at radius 3 is 2.58 bits per heavy atom. The number of carbonyl (C=O) groups is 1. The lowest BCUT2D eigenvalue weighted by Crippen LogP contribution is -2.27. The first-order chi connectivity index (χ1) is 11.9. The van der Waals surface area contributed by atoms with Gasteiger partial charge in [-0.05, 0) is 39.8 Å². The first-order valence-corrected chi connectivity index (χ1v) is 10.3. The summed E-state index contributed by atoms with van der Waals surface area (Å²) in [5.74, 6) is 0.300. The van der Waals surface area contributed by atoms with Gasteiger partial charge in [0.1, 0.15) is 28.2 Å². The molecule has 0 aliphatic heterocycles. The number of amides is 1. The van der Waals surface area contributed by atoms with Gasteiger partial charge in [-0.1, -0.05) is 17.4 Å². The largest absolute Gasteiger partial charge is 0.444 e. The van der Waals surface area contributed by atoms with Gasteiger partial charge in [-0.15, -0.1) is 10.2 Å². The van der Waals surface area contributed by atoms with Gasteiger partial charge in [0.15, 0.2) is 5.01 Å². The maximum atomic E-state index is 11.8. The number of hydrogen-bond donors (Lipinski definition) is 1. The van der Waals surface area contributed by atoms with Gasteiger partial charge in [0.25, 0.3) is 10.1 Å². The molecule has 0 aliphatic carbocycles. The van der Waals surface area contributed by atoms with E-state index in [0.717, 1.165) is 17.6 Å². The number of anilines is 1. The molecule has 0 saturated carbocycles. The van der Waals surface area contributed by atoms with Gasteiger partial charge < -0.3 is 4.74 Å². The zero-order valence-corrected chi connectivity index (χ0v) is 16.6. The Labute approximate surface area is 155 Å². The topological polar surface area (TPSA) is 120 Å². The van der Waals surface area contributed by atoms with Gasteiger partial charge in [-0.3, -0.25) is 9.50 Å². The smallest absolute Gasteiger partial charge is 0.413 e. The third-order valence-electron chi connectivity index (χ3n) is 2.70. The highest BCUT2D eigenvalue weighted by Gasteiger charge is 2.19. The minimum absolute atomic E-state index is 0.300. The van der Waals surface area contributed by atoms with E-state index in [-0.39, 0.29) is 0 Å². The van der Waals surface area contributed by atoms with E-state index < -0.39 is 27.9 Å². The lowest BCUT2D eigenvalue weighted by atomic mass is 10.2. The zero-order valence-electron chi connectivity index (χ0n) is 15.0. The SMILES string of the molecule is CC(OS(C)(=O)=O)c1nnc(-c2cccc(NC(=O)OC(C)(C)C)n2)s1. The summed E-state index contributed by atoms with van der Waals surface area (Å²) in [6, 6.07) is 5.02. The Morgan fingerprint density at radius 2 is 1.96 bits per heavy atom. The van der Waals surface area contributed by atoms with E-state index in [1.165, 1.54) is 0 Å². The summed E-state index contributed by atoms with van der Waals surface area (Å²) in [6.07, 6.45) is -0.395. The van der Waals surface area contributed by atoms with Gasteiger partial charge in [0.2, 0.25) is 0 Å². The van der Waals surface area contributed by atoms with Crippen LogP contribution >= 0.6 is 11.3 Å². The summed E-state index contributed by atoms with van der Waals surface area (Å²) in [4.78, 5) is 16.1. The first-order valence-electron chi connectivity index (χ1n) is 7.62. The minimum Gasteiger partial charge on any atom is -0.444 e. The number of ether oxygens (including phenoxy) is 1. The molecule has 142 valence electrons. The standard InChI is InChI=1S/C15H20N4O5S2/c1-9(24-26(5,21)22)12-18-19-13(25-12)10-7-6-8-11(16-10)17-14(20)23-15(2,3)4/h6-9H,1-5H3,(H,16,17,20). The third-order valence-corrected chi connectivity index (χ3v) is 4.45. The predicted molar refractivity (Wildman–Crippen MR) is 97.3 cm³/mol. The Hall–Kier alpha value is -2.11. The molecule has 0 radical (unpaired) electrons. The number of carbonyl (C=O) groups excluding carboxylic acids is 1. The minimum atomic E-state index is -3.60. The molecule has 26 heavy (non-hydrogen) atoms. The molecular weight excluding hydrogens is 380 g/mol. The Bertz CT molecular complexity index is 889. The Balaban J connectivity index is 2.14. The second kappa shape index (κ2) is 7.64. The van der Waals surface area contributed by atoms with E-state index in [0.29, 0.717) is 21.5 Å². The van der Waals surface area contributed by atoms with E-state index in [1.807, 2.05) is 0 Å². The number of aromatic nitrogens is 3.